The second kappa shape index (κ2) is 8.76. The first-order valence-electron chi connectivity index (χ1n) is 11.3. The van der Waals surface area contributed by atoms with Crippen LogP contribution >= 0.6 is 0 Å². The van der Waals surface area contributed by atoms with Gasteiger partial charge in [-0.1, -0.05) is 13.8 Å². The number of likely N-dealkylation sites (tertiary alicyclic amines) is 1. The van der Waals surface area contributed by atoms with Gasteiger partial charge in [-0.15, -0.1) is 0 Å². The topological polar surface area (TPSA) is 61.4 Å². The maximum atomic E-state index is 12.7. The number of rotatable bonds is 5. The highest BCUT2D eigenvalue weighted by molar-refractivity contribution is 5.79. The lowest BCUT2D eigenvalue weighted by Crippen LogP contribution is -2.43. The lowest BCUT2D eigenvalue weighted by atomic mass is 9.86. The van der Waals surface area contributed by atoms with Crippen molar-refractivity contribution in [1.82, 2.24) is 20.2 Å². The van der Waals surface area contributed by atoms with Crippen molar-refractivity contribution in [3.8, 4) is 0 Å². The number of nitrogens with zero attached hydrogens (tertiary/aromatic N) is 4. The van der Waals surface area contributed by atoms with Crippen molar-refractivity contribution < 1.29 is 4.79 Å². The molecule has 3 aliphatic rings. The predicted octanol–water partition coefficient (Wildman–Crippen LogP) is 2.42. The molecule has 6 heteroatoms. The van der Waals surface area contributed by atoms with E-state index in [1.807, 2.05) is 6.20 Å². The molecule has 0 saturated carbocycles. The number of anilines is 1. The molecule has 6 nitrogen and oxygen atoms in total. The quantitative estimate of drug-likeness (QED) is 0.843. The van der Waals surface area contributed by atoms with E-state index in [9.17, 15) is 4.79 Å². The summed E-state index contributed by atoms with van der Waals surface area (Å²) in [5, 5.41) is 3.23. The smallest absolute Gasteiger partial charge is 0.225 e. The monoisotopic (exact) mass is 385 g/mol. The number of piperidine rings is 1. The Balaban J connectivity index is 1.32. The Morgan fingerprint density at radius 1 is 1.21 bits per heavy atom. The minimum atomic E-state index is 0.0641. The molecular weight excluding hydrogens is 350 g/mol. The summed E-state index contributed by atoms with van der Waals surface area (Å²) in [6, 6.07) is 0.517. The van der Waals surface area contributed by atoms with E-state index >= 15 is 0 Å². The average molecular weight is 386 g/mol. The Hall–Kier alpha value is -1.69. The fourth-order valence-corrected chi connectivity index (χ4v) is 4.99. The van der Waals surface area contributed by atoms with Crippen molar-refractivity contribution in [2.45, 2.75) is 64.8 Å². The van der Waals surface area contributed by atoms with Gasteiger partial charge in [0.05, 0.1) is 0 Å². The van der Waals surface area contributed by atoms with Gasteiger partial charge in [0.25, 0.3) is 0 Å². The van der Waals surface area contributed by atoms with Crippen molar-refractivity contribution in [3.05, 3.63) is 17.5 Å². The summed E-state index contributed by atoms with van der Waals surface area (Å²) in [4.78, 5) is 27.0. The molecule has 2 atom stereocenters. The molecule has 1 amide bonds. The first-order chi connectivity index (χ1) is 13.6. The van der Waals surface area contributed by atoms with Gasteiger partial charge in [-0.25, -0.2) is 9.97 Å². The molecule has 0 bridgehead atoms. The van der Waals surface area contributed by atoms with Crippen LogP contribution in [0.25, 0.3) is 0 Å². The third kappa shape index (κ3) is 4.32. The fraction of sp³-hybridized carbons (Fsp3) is 0.773. The van der Waals surface area contributed by atoms with Gasteiger partial charge in [0, 0.05) is 43.5 Å². The summed E-state index contributed by atoms with van der Waals surface area (Å²) < 4.78 is 0. The Labute approximate surface area is 169 Å². The summed E-state index contributed by atoms with van der Waals surface area (Å²) in [5.41, 5.74) is 2.32. The first-order valence-corrected chi connectivity index (χ1v) is 11.3. The minimum Gasteiger partial charge on any atom is -0.354 e. The second-order valence-corrected chi connectivity index (χ2v) is 8.92. The number of nitrogens with one attached hydrogen (secondary N) is 1. The number of aromatic nitrogens is 2. The van der Waals surface area contributed by atoms with Crippen LogP contribution in [0.4, 0.5) is 5.95 Å². The SMILES string of the molecule is CCN1CCCC1CNC(=O)C1CCc2nc(N3CCC(C)CC3)ncc2C1. The van der Waals surface area contributed by atoms with Crippen LogP contribution in [0.2, 0.25) is 0 Å². The average Bonchev–Trinajstić information content (AvgIpc) is 3.19. The Morgan fingerprint density at radius 2 is 2.04 bits per heavy atom. The molecule has 1 aromatic rings. The number of hydrogen-bond acceptors (Lipinski definition) is 5. The van der Waals surface area contributed by atoms with Crippen molar-refractivity contribution in [1.29, 1.82) is 0 Å². The Bertz CT molecular complexity index is 686. The van der Waals surface area contributed by atoms with Gasteiger partial charge in [0.1, 0.15) is 0 Å². The van der Waals surface area contributed by atoms with Crippen molar-refractivity contribution in [2.75, 3.05) is 37.6 Å². The summed E-state index contributed by atoms with van der Waals surface area (Å²) in [6.07, 6.45) is 9.43. The van der Waals surface area contributed by atoms with Gasteiger partial charge in [-0.2, -0.15) is 0 Å². The summed E-state index contributed by atoms with van der Waals surface area (Å²) in [7, 11) is 0. The number of carbonyl (C=O) groups is 1. The van der Waals surface area contributed by atoms with E-state index in [2.05, 4.69) is 33.9 Å². The van der Waals surface area contributed by atoms with E-state index in [1.54, 1.807) is 0 Å². The highest BCUT2D eigenvalue weighted by Gasteiger charge is 2.29. The molecule has 154 valence electrons. The molecule has 0 aromatic carbocycles. The van der Waals surface area contributed by atoms with Crippen LogP contribution in [0.15, 0.2) is 6.20 Å². The van der Waals surface area contributed by atoms with E-state index in [-0.39, 0.29) is 11.8 Å². The maximum Gasteiger partial charge on any atom is 0.225 e. The zero-order chi connectivity index (χ0) is 19.5. The lowest BCUT2D eigenvalue weighted by molar-refractivity contribution is -0.125. The molecule has 1 N–H and O–H groups in total. The van der Waals surface area contributed by atoms with Gasteiger partial charge >= 0.3 is 0 Å². The maximum absolute atomic E-state index is 12.7. The van der Waals surface area contributed by atoms with Crippen molar-refractivity contribution in [2.24, 2.45) is 11.8 Å². The number of carbonyl (C=O) groups excluding carboxylic acids is 1. The van der Waals surface area contributed by atoms with Crippen LogP contribution in [0, 0.1) is 11.8 Å². The highest BCUT2D eigenvalue weighted by Crippen LogP contribution is 2.27. The molecular formula is C22H35N5O. The largest absolute Gasteiger partial charge is 0.354 e. The summed E-state index contributed by atoms with van der Waals surface area (Å²) in [5.74, 6) is 1.97. The number of aryl methyl sites for hydroxylation is 1. The zero-order valence-corrected chi connectivity index (χ0v) is 17.5. The van der Waals surface area contributed by atoms with Crippen LogP contribution in [-0.4, -0.2) is 59.5 Å². The standard InChI is InChI=1S/C22H35N5O/c1-3-26-10-4-5-19(26)15-23-21(28)17-6-7-20-18(13-17)14-24-22(25-20)27-11-8-16(2)9-12-27/h14,16-17,19H,3-13,15H2,1-2H3,(H,23,28). The fourth-order valence-electron chi connectivity index (χ4n) is 4.99. The predicted molar refractivity (Wildman–Crippen MR) is 111 cm³/mol. The Kier molecular flexibility index (Phi) is 6.14. The van der Waals surface area contributed by atoms with Crippen LogP contribution < -0.4 is 10.2 Å². The number of amides is 1. The first kappa shape index (κ1) is 19.6. The van der Waals surface area contributed by atoms with Gasteiger partial charge in [-0.05, 0) is 69.5 Å². The van der Waals surface area contributed by atoms with E-state index in [1.165, 1.54) is 32.2 Å². The number of hydrogen-bond donors (Lipinski definition) is 1. The molecule has 2 unspecified atom stereocenters. The second-order valence-electron chi connectivity index (χ2n) is 8.92. The van der Waals surface area contributed by atoms with Gasteiger partial charge in [-0.3, -0.25) is 9.69 Å². The number of likely N-dealkylation sites (N-methyl/N-ethyl adjacent to an activating group) is 1. The van der Waals surface area contributed by atoms with E-state index < -0.39 is 0 Å². The number of fused-ring (bicyclic) bond motifs is 1. The molecule has 1 aromatic heterocycles. The van der Waals surface area contributed by atoms with Crippen molar-refractivity contribution >= 4 is 11.9 Å². The van der Waals surface area contributed by atoms with E-state index in [4.69, 9.17) is 4.98 Å². The summed E-state index contributed by atoms with van der Waals surface area (Å²) >= 11 is 0. The molecule has 2 aliphatic heterocycles. The highest BCUT2D eigenvalue weighted by atomic mass is 16.1. The Morgan fingerprint density at radius 3 is 2.82 bits per heavy atom. The molecule has 2 fully saturated rings. The van der Waals surface area contributed by atoms with Crippen molar-refractivity contribution in [3.63, 3.8) is 0 Å². The minimum absolute atomic E-state index is 0.0641. The van der Waals surface area contributed by atoms with Crippen LogP contribution in [-0.2, 0) is 17.6 Å². The molecule has 1 aliphatic carbocycles. The molecule has 3 heterocycles. The third-order valence-electron chi connectivity index (χ3n) is 6.99. The molecule has 28 heavy (non-hydrogen) atoms. The molecule has 4 rings (SSSR count). The van der Waals surface area contributed by atoms with Gasteiger partial charge < -0.3 is 10.2 Å². The molecule has 2 saturated heterocycles. The third-order valence-corrected chi connectivity index (χ3v) is 6.99. The van der Waals surface area contributed by atoms with Crippen LogP contribution in [0.3, 0.4) is 0 Å². The van der Waals surface area contributed by atoms with Crippen LogP contribution in [0.5, 0.6) is 0 Å². The normalized spacial score (nSPS) is 26.3. The molecule has 0 spiro atoms. The van der Waals surface area contributed by atoms with Crippen LogP contribution in [0.1, 0.15) is 57.2 Å². The van der Waals surface area contributed by atoms with Gasteiger partial charge in [0.2, 0.25) is 11.9 Å². The van der Waals surface area contributed by atoms with E-state index in [0.29, 0.717) is 6.04 Å². The molecule has 0 radical (unpaired) electrons. The summed E-state index contributed by atoms with van der Waals surface area (Å²) in [6.45, 7) is 9.68. The lowest BCUT2D eigenvalue weighted by Gasteiger charge is -2.31. The van der Waals surface area contributed by atoms with E-state index in [0.717, 1.165) is 68.6 Å². The van der Waals surface area contributed by atoms with Gasteiger partial charge in [0.15, 0.2) is 0 Å². The zero-order valence-electron chi connectivity index (χ0n) is 17.5.